The minimum absolute atomic E-state index is 0.147. The number of hydrogen-bond donors (Lipinski definition) is 1. The zero-order valence-electron chi connectivity index (χ0n) is 9.51. The summed E-state index contributed by atoms with van der Waals surface area (Å²) in [5.41, 5.74) is -0.785. The normalized spacial score (nSPS) is 11.4. The summed E-state index contributed by atoms with van der Waals surface area (Å²) in [5, 5.41) is 5.85. The van der Waals surface area contributed by atoms with E-state index in [0.29, 0.717) is 0 Å². The molecular weight excluding hydrogens is 315 g/mol. The molecule has 0 spiro atoms. The molecule has 0 fully saturated rings. The van der Waals surface area contributed by atoms with Crippen LogP contribution in [0, 0.1) is 6.92 Å². The van der Waals surface area contributed by atoms with Crippen LogP contribution in [0.25, 0.3) is 0 Å². The maximum absolute atomic E-state index is 12.6. The SMILES string of the molecule is C=CCNC(=O)Cn1nc(C(F)(F)F)c(Br)c1C. The van der Waals surface area contributed by atoms with Crippen LogP contribution in [-0.4, -0.2) is 22.2 Å². The quantitative estimate of drug-likeness (QED) is 0.863. The maximum atomic E-state index is 12.6. The largest absolute Gasteiger partial charge is 0.436 e. The van der Waals surface area contributed by atoms with Gasteiger partial charge in [0.25, 0.3) is 0 Å². The van der Waals surface area contributed by atoms with Gasteiger partial charge in [-0.25, -0.2) is 0 Å². The van der Waals surface area contributed by atoms with E-state index in [1.807, 2.05) is 0 Å². The summed E-state index contributed by atoms with van der Waals surface area (Å²) in [6, 6.07) is 0. The molecule has 0 aromatic carbocycles. The smallest absolute Gasteiger partial charge is 0.351 e. The highest BCUT2D eigenvalue weighted by Gasteiger charge is 2.38. The zero-order chi connectivity index (χ0) is 13.9. The maximum Gasteiger partial charge on any atom is 0.436 e. The van der Waals surface area contributed by atoms with Crippen molar-refractivity contribution in [3.63, 3.8) is 0 Å². The minimum atomic E-state index is -4.55. The van der Waals surface area contributed by atoms with Crippen molar-refractivity contribution in [3.8, 4) is 0 Å². The van der Waals surface area contributed by atoms with Crippen LogP contribution >= 0.6 is 15.9 Å². The van der Waals surface area contributed by atoms with Crippen molar-refractivity contribution in [2.75, 3.05) is 6.54 Å². The molecule has 0 aliphatic carbocycles. The van der Waals surface area contributed by atoms with Crippen LogP contribution in [0.2, 0.25) is 0 Å². The van der Waals surface area contributed by atoms with E-state index in [0.717, 1.165) is 4.68 Å². The van der Waals surface area contributed by atoms with Crippen molar-refractivity contribution >= 4 is 21.8 Å². The van der Waals surface area contributed by atoms with Crippen LogP contribution < -0.4 is 5.32 Å². The summed E-state index contributed by atoms with van der Waals surface area (Å²) in [7, 11) is 0. The number of aromatic nitrogens is 2. The highest BCUT2D eigenvalue weighted by molar-refractivity contribution is 9.10. The third-order valence-corrected chi connectivity index (χ3v) is 3.09. The van der Waals surface area contributed by atoms with E-state index >= 15 is 0 Å². The second-order valence-electron chi connectivity index (χ2n) is 3.50. The fraction of sp³-hybridized carbons (Fsp3) is 0.400. The predicted octanol–water partition coefficient (Wildman–Crippen LogP) is 2.28. The average Bonchev–Trinajstić information content (AvgIpc) is 2.54. The molecule has 0 atom stereocenters. The molecule has 1 heterocycles. The van der Waals surface area contributed by atoms with E-state index in [1.54, 1.807) is 0 Å². The van der Waals surface area contributed by atoms with E-state index in [9.17, 15) is 18.0 Å². The summed E-state index contributed by atoms with van der Waals surface area (Å²) in [6.07, 6.45) is -3.07. The number of nitrogens with one attached hydrogen (secondary N) is 1. The molecule has 0 unspecified atom stereocenters. The molecule has 1 amide bonds. The molecule has 18 heavy (non-hydrogen) atoms. The number of alkyl halides is 3. The Hall–Kier alpha value is -1.31. The monoisotopic (exact) mass is 325 g/mol. The number of nitrogens with zero attached hydrogens (tertiary/aromatic N) is 2. The molecule has 0 saturated carbocycles. The van der Waals surface area contributed by atoms with Gasteiger partial charge in [0.15, 0.2) is 5.69 Å². The summed E-state index contributed by atoms with van der Waals surface area (Å²) < 4.78 is 38.5. The van der Waals surface area contributed by atoms with Gasteiger partial charge in [0.2, 0.25) is 5.91 Å². The third kappa shape index (κ3) is 3.34. The first-order chi connectivity index (χ1) is 8.27. The number of carbonyl (C=O) groups is 1. The van der Waals surface area contributed by atoms with Crippen LogP contribution in [-0.2, 0) is 17.5 Å². The van der Waals surface area contributed by atoms with Crippen molar-refractivity contribution in [2.45, 2.75) is 19.6 Å². The second-order valence-corrected chi connectivity index (χ2v) is 4.29. The van der Waals surface area contributed by atoms with Crippen LogP contribution in [0.15, 0.2) is 17.1 Å². The lowest BCUT2D eigenvalue weighted by Crippen LogP contribution is -2.28. The van der Waals surface area contributed by atoms with Gasteiger partial charge in [-0.15, -0.1) is 6.58 Å². The molecule has 1 aromatic rings. The van der Waals surface area contributed by atoms with E-state index in [-0.39, 0.29) is 23.3 Å². The molecule has 0 saturated heterocycles. The van der Waals surface area contributed by atoms with E-state index in [4.69, 9.17) is 0 Å². The molecule has 0 radical (unpaired) electrons. The van der Waals surface area contributed by atoms with Crippen molar-refractivity contribution in [1.82, 2.24) is 15.1 Å². The van der Waals surface area contributed by atoms with Gasteiger partial charge in [-0.2, -0.15) is 18.3 Å². The highest BCUT2D eigenvalue weighted by Crippen LogP contribution is 2.35. The fourth-order valence-corrected chi connectivity index (χ4v) is 1.75. The molecule has 4 nitrogen and oxygen atoms in total. The molecule has 0 aliphatic heterocycles. The van der Waals surface area contributed by atoms with E-state index in [1.165, 1.54) is 13.0 Å². The highest BCUT2D eigenvalue weighted by atomic mass is 79.9. The van der Waals surface area contributed by atoms with Crippen LogP contribution in [0.5, 0.6) is 0 Å². The molecule has 1 aromatic heterocycles. The standard InChI is InChI=1S/C10H11BrF3N3O/c1-3-4-15-7(18)5-17-6(2)8(11)9(16-17)10(12,13)14/h3H,1,4-5H2,2H3,(H,15,18). The summed E-state index contributed by atoms with van der Waals surface area (Å²) in [5.74, 6) is -0.429. The number of amides is 1. The van der Waals surface area contributed by atoms with Crippen LogP contribution in [0.4, 0.5) is 13.2 Å². The van der Waals surface area contributed by atoms with Crippen LogP contribution in [0.1, 0.15) is 11.4 Å². The Morgan fingerprint density at radius 1 is 1.61 bits per heavy atom. The van der Waals surface area contributed by atoms with Gasteiger partial charge in [-0.1, -0.05) is 6.08 Å². The molecule has 0 bridgehead atoms. The predicted molar refractivity (Wildman–Crippen MR) is 62.9 cm³/mol. The summed E-state index contributed by atoms with van der Waals surface area (Å²) in [6.45, 7) is 4.85. The number of halogens is 4. The number of hydrogen-bond acceptors (Lipinski definition) is 2. The molecule has 8 heteroatoms. The van der Waals surface area contributed by atoms with Crippen molar-refractivity contribution in [2.24, 2.45) is 0 Å². The first-order valence-corrected chi connectivity index (χ1v) is 5.74. The molecule has 1 rings (SSSR count). The van der Waals surface area contributed by atoms with Gasteiger partial charge in [-0.3, -0.25) is 9.48 Å². The lowest BCUT2D eigenvalue weighted by molar-refractivity contribution is -0.142. The third-order valence-electron chi connectivity index (χ3n) is 2.14. The van der Waals surface area contributed by atoms with Gasteiger partial charge in [0, 0.05) is 6.54 Å². The van der Waals surface area contributed by atoms with Crippen molar-refractivity contribution < 1.29 is 18.0 Å². The Morgan fingerprint density at radius 2 is 2.22 bits per heavy atom. The number of carbonyl (C=O) groups excluding carboxylic acids is 1. The molecule has 0 aliphatic rings. The van der Waals surface area contributed by atoms with E-state index in [2.05, 4.69) is 32.9 Å². The second kappa shape index (κ2) is 5.55. The summed E-state index contributed by atoms with van der Waals surface area (Å²) in [4.78, 5) is 11.4. The van der Waals surface area contributed by atoms with E-state index < -0.39 is 17.8 Å². The zero-order valence-corrected chi connectivity index (χ0v) is 11.1. The topological polar surface area (TPSA) is 46.9 Å². The van der Waals surface area contributed by atoms with Gasteiger partial charge >= 0.3 is 6.18 Å². The lowest BCUT2D eigenvalue weighted by Gasteiger charge is -2.04. The van der Waals surface area contributed by atoms with Gasteiger partial charge in [0.05, 0.1) is 10.2 Å². The van der Waals surface area contributed by atoms with Crippen LogP contribution in [0.3, 0.4) is 0 Å². The Labute approximate surface area is 110 Å². The Morgan fingerprint density at radius 3 is 2.67 bits per heavy atom. The first kappa shape index (κ1) is 14.7. The minimum Gasteiger partial charge on any atom is -0.351 e. The summed E-state index contributed by atoms with van der Waals surface area (Å²) >= 11 is 2.83. The number of rotatable bonds is 4. The Bertz CT molecular complexity index is 468. The Kier molecular flexibility index (Phi) is 4.55. The molecule has 100 valence electrons. The van der Waals surface area contributed by atoms with Gasteiger partial charge in [-0.05, 0) is 22.9 Å². The van der Waals surface area contributed by atoms with Gasteiger partial charge in [0.1, 0.15) is 6.54 Å². The molecule has 1 N–H and O–H groups in total. The lowest BCUT2D eigenvalue weighted by atomic mass is 10.3. The average molecular weight is 326 g/mol. The fourth-order valence-electron chi connectivity index (χ4n) is 1.24. The first-order valence-electron chi connectivity index (χ1n) is 4.95. The van der Waals surface area contributed by atoms with Crippen molar-refractivity contribution in [3.05, 3.63) is 28.5 Å². The van der Waals surface area contributed by atoms with Crippen molar-refractivity contribution in [1.29, 1.82) is 0 Å². The Balaban J connectivity index is 2.91. The van der Waals surface area contributed by atoms with Gasteiger partial charge < -0.3 is 5.32 Å². The molecular formula is C10H11BrF3N3O.